The molecule has 2 unspecified atom stereocenters. The first kappa shape index (κ1) is 18.5. The van der Waals surface area contributed by atoms with Crippen LogP contribution in [-0.2, 0) is 12.8 Å². The first-order valence-electron chi connectivity index (χ1n) is 10.6. The van der Waals surface area contributed by atoms with E-state index in [1.54, 1.807) is 0 Å². The van der Waals surface area contributed by atoms with Crippen LogP contribution in [-0.4, -0.2) is 25.7 Å². The summed E-state index contributed by atoms with van der Waals surface area (Å²) in [5.74, 6) is 1.03. The molecule has 3 heteroatoms. The average Bonchev–Trinajstić information content (AvgIpc) is 2.71. The second kappa shape index (κ2) is 8.90. The molecule has 1 fully saturated rings. The maximum absolute atomic E-state index is 6.09. The van der Waals surface area contributed by atoms with Crippen LogP contribution in [0, 0.1) is 6.92 Å². The summed E-state index contributed by atoms with van der Waals surface area (Å²) in [6.07, 6.45) is 7.22. The molecule has 3 nitrogen and oxygen atoms in total. The first-order valence-corrected chi connectivity index (χ1v) is 10.6. The Hall–Kier alpha value is -1.84. The van der Waals surface area contributed by atoms with Crippen LogP contribution >= 0.6 is 0 Å². The number of hydrogen-bond donors (Lipinski definition) is 2. The molecule has 2 aromatic carbocycles. The molecule has 2 aliphatic heterocycles. The van der Waals surface area contributed by atoms with Gasteiger partial charge >= 0.3 is 0 Å². The van der Waals surface area contributed by atoms with E-state index in [0.717, 1.165) is 44.7 Å². The van der Waals surface area contributed by atoms with Crippen LogP contribution in [0.1, 0.15) is 54.0 Å². The van der Waals surface area contributed by atoms with E-state index in [0.29, 0.717) is 12.1 Å². The largest absolute Gasteiger partial charge is 0.493 e. The van der Waals surface area contributed by atoms with Gasteiger partial charge in [-0.25, -0.2) is 0 Å². The van der Waals surface area contributed by atoms with Gasteiger partial charge in [-0.15, -0.1) is 0 Å². The van der Waals surface area contributed by atoms with Crippen LogP contribution in [0.25, 0.3) is 0 Å². The van der Waals surface area contributed by atoms with Gasteiger partial charge in [-0.05, 0) is 80.4 Å². The summed E-state index contributed by atoms with van der Waals surface area (Å²) in [6, 6.07) is 16.6. The van der Waals surface area contributed by atoms with Gasteiger partial charge in [0.15, 0.2) is 0 Å². The molecule has 0 amide bonds. The van der Waals surface area contributed by atoms with Gasteiger partial charge in [-0.3, -0.25) is 0 Å². The smallest absolute Gasteiger partial charge is 0.122 e. The number of hydrogen-bond acceptors (Lipinski definition) is 3. The number of fused-ring (bicyclic) bond motifs is 1. The number of ether oxygens (including phenoxy) is 1. The lowest BCUT2D eigenvalue weighted by Gasteiger charge is -2.27. The highest BCUT2D eigenvalue weighted by atomic mass is 16.5. The number of nitrogens with one attached hydrogen (secondary N) is 2. The Bertz CT molecular complexity index is 752. The van der Waals surface area contributed by atoms with E-state index in [9.17, 15) is 0 Å². The molecular formula is C24H32N2O. The molecule has 0 radical (unpaired) electrons. The highest BCUT2D eigenvalue weighted by molar-refractivity contribution is 5.38. The van der Waals surface area contributed by atoms with Crippen molar-refractivity contribution in [3.63, 3.8) is 0 Å². The summed E-state index contributed by atoms with van der Waals surface area (Å²) in [5, 5.41) is 7.29. The minimum atomic E-state index is 0.415. The fourth-order valence-electron chi connectivity index (χ4n) is 4.49. The monoisotopic (exact) mass is 364 g/mol. The van der Waals surface area contributed by atoms with E-state index < -0.39 is 0 Å². The zero-order valence-corrected chi connectivity index (χ0v) is 16.5. The Labute approximate surface area is 163 Å². The molecule has 1 saturated heterocycles. The van der Waals surface area contributed by atoms with Gasteiger partial charge in [-0.1, -0.05) is 42.8 Å². The summed E-state index contributed by atoms with van der Waals surface area (Å²) in [6.45, 7) is 5.20. The minimum Gasteiger partial charge on any atom is -0.493 e. The standard InChI is InChI=1S/C24H32N2O/c1-18-16-19(17-23-22-8-3-2-6-20(22)11-14-26-23)9-10-24(18)27-15-12-21-7-4-5-13-25-21/h2-3,6,8-10,16,21,23,25-26H,4-5,7,11-15,17H2,1H3. The number of piperidine rings is 1. The molecule has 27 heavy (non-hydrogen) atoms. The fraction of sp³-hybridized carbons (Fsp3) is 0.500. The van der Waals surface area contributed by atoms with Crippen molar-refractivity contribution < 1.29 is 4.74 Å². The lowest BCUT2D eigenvalue weighted by Crippen LogP contribution is -2.35. The molecule has 2 N–H and O–H groups in total. The molecule has 0 spiro atoms. The third kappa shape index (κ3) is 4.72. The van der Waals surface area contributed by atoms with Crippen molar-refractivity contribution in [3.8, 4) is 5.75 Å². The van der Waals surface area contributed by atoms with Crippen molar-refractivity contribution in [2.45, 2.75) is 57.5 Å². The highest BCUT2D eigenvalue weighted by Gasteiger charge is 2.19. The summed E-state index contributed by atoms with van der Waals surface area (Å²) in [7, 11) is 0. The summed E-state index contributed by atoms with van der Waals surface area (Å²) >= 11 is 0. The van der Waals surface area contributed by atoms with Crippen LogP contribution < -0.4 is 15.4 Å². The van der Waals surface area contributed by atoms with E-state index in [-0.39, 0.29) is 0 Å². The molecule has 0 aliphatic carbocycles. The third-order valence-corrected chi connectivity index (χ3v) is 6.03. The van der Waals surface area contributed by atoms with Gasteiger partial charge in [0.1, 0.15) is 5.75 Å². The molecule has 0 bridgehead atoms. The predicted octanol–water partition coefficient (Wildman–Crippen LogP) is 4.34. The normalized spacial score (nSPS) is 22.3. The third-order valence-electron chi connectivity index (χ3n) is 6.03. The number of rotatable bonds is 6. The summed E-state index contributed by atoms with van der Waals surface area (Å²) in [4.78, 5) is 0. The Morgan fingerprint density at radius 3 is 2.81 bits per heavy atom. The average molecular weight is 365 g/mol. The van der Waals surface area contributed by atoms with Gasteiger partial charge in [0.2, 0.25) is 0 Å². The van der Waals surface area contributed by atoms with Gasteiger partial charge in [0, 0.05) is 12.1 Å². The SMILES string of the molecule is Cc1cc(CC2NCCc3ccccc32)ccc1OCCC1CCCCN1. The molecule has 0 aromatic heterocycles. The topological polar surface area (TPSA) is 33.3 Å². The Kier molecular flexibility index (Phi) is 6.10. The molecule has 2 heterocycles. The van der Waals surface area contributed by atoms with Crippen LogP contribution in [0.15, 0.2) is 42.5 Å². The predicted molar refractivity (Wildman–Crippen MR) is 112 cm³/mol. The molecular weight excluding hydrogens is 332 g/mol. The minimum absolute atomic E-state index is 0.415. The van der Waals surface area contributed by atoms with Crippen molar-refractivity contribution in [2.24, 2.45) is 0 Å². The Morgan fingerprint density at radius 1 is 1.04 bits per heavy atom. The molecule has 2 atom stereocenters. The van der Waals surface area contributed by atoms with Crippen LogP contribution in [0.5, 0.6) is 5.75 Å². The Morgan fingerprint density at radius 2 is 1.96 bits per heavy atom. The van der Waals surface area contributed by atoms with E-state index in [2.05, 4.69) is 60.0 Å². The quantitative estimate of drug-likeness (QED) is 0.800. The highest BCUT2D eigenvalue weighted by Crippen LogP contribution is 2.28. The van der Waals surface area contributed by atoms with Crippen LogP contribution in [0.3, 0.4) is 0 Å². The van der Waals surface area contributed by atoms with Gasteiger partial charge in [0.25, 0.3) is 0 Å². The lowest BCUT2D eigenvalue weighted by molar-refractivity contribution is 0.267. The zero-order valence-electron chi connectivity index (χ0n) is 16.5. The molecule has 2 aromatic rings. The van der Waals surface area contributed by atoms with E-state index >= 15 is 0 Å². The molecule has 4 rings (SSSR count). The fourth-order valence-corrected chi connectivity index (χ4v) is 4.49. The zero-order chi connectivity index (χ0) is 18.5. The van der Waals surface area contributed by atoms with E-state index in [1.165, 1.54) is 41.5 Å². The molecule has 0 saturated carbocycles. The van der Waals surface area contributed by atoms with E-state index in [4.69, 9.17) is 4.74 Å². The van der Waals surface area contributed by atoms with Gasteiger partial charge in [0.05, 0.1) is 6.61 Å². The van der Waals surface area contributed by atoms with Crippen molar-refractivity contribution in [1.29, 1.82) is 0 Å². The maximum atomic E-state index is 6.09. The lowest BCUT2D eigenvalue weighted by atomic mass is 9.90. The number of benzene rings is 2. The van der Waals surface area contributed by atoms with Crippen LogP contribution in [0.2, 0.25) is 0 Å². The van der Waals surface area contributed by atoms with Gasteiger partial charge < -0.3 is 15.4 Å². The van der Waals surface area contributed by atoms with Crippen molar-refractivity contribution in [1.82, 2.24) is 10.6 Å². The van der Waals surface area contributed by atoms with Crippen molar-refractivity contribution >= 4 is 0 Å². The maximum Gasteiger partial charge on any atom is 0.122 e. The van der Waals surface area contributed by atoms with E-state index in [1.807, 2.05) is 0 Å². The second-order valence-electron chi connectivity index (χ2n) is 8.04. The number of aryl methyl sites for hydroxylation is 1. The summed E-state index contributed by atoms with van der Waals surface area (Å²) < 4.78 is 6.09. The Balaban J connectivity index is 1.34. The van der Waals surface area contributed by atoms with Crippen LogP contribution in [0.4, 0.5) is 0 Å². The second-order valence-corrected chi connectivity index (χ2v) is 8.04. The molecule has 144 valence electrons. The first-order chi connectivity index (χ1) is 13.3. The van der Waals surface area contributed by atoms with Crippen molar-refractivity contribution in [3.05, 3.63) is 64.7 Å². The van der Waals surface area contributed by atoms with Gasteiger partial charge in [-0.2, -0.15) is 0 Å². The summed E-state index contributed by atoms with van der Waals surface area (Å²) in [5.41, 5.74) is 5.58. The molecule has 2 aliphatic rings. The van der Waals surface area contributed by atoms with Crippen molar-refractivity contribution in [2.75, 3.05) is 19.7 Å².